The van der Waals surface area contributed by atoms with Crippen molar-refractivity contribution in [2.75, 3.05) is 45.4 Å². The average molecular weight is 365 g/mol. The molecule has 2 aromatic carbocycles. The fourth-order valence-electron chi connectivity index (χ4n) is 2.83. The molecule has 27 heavy (non-hydrogen) atoms. The van der Waals surface area contributed by atoms with Crippen LogP contribution in [0.25, 0.3) is 22.0 Å². The largest absolute Gasteiger partial charge is 0.497 e. The number of nitrogens with zero attached hydrogens (tertiary/aromatic N) is 3. The maximum atomic E-state index is 12.3. The Morgan fingerprint density at radius 2 is 2.00 bits per heavy atom. The lowest BCUT2D eigenvalue weighted by atomic mass is 10.0. The highest BCUT2D eigenvalue weighted by Gasteiger charge is 2.12. The van der Waals surface area contributed by atoms with Crippen LogP contribution in [0, 0.1) is 0 Å². The molecule has 1 heterocycles. The first-order valence-electron chi connectivity index (χ1n) is 8.57. The number of ether oxygens (including phenoxy) is 1. The summed E-state index contributed by atoms with van der Waals surface area (Å²) in [5, 5.41) is 7.85. The van der Waals surface area contributed by atoms with Crippen LogP contribution in [0.3, 0.4) is 0 Å². The first-order chi connectivity index (χ1) is 13.0. The molecule has 0 aliphatic carbocycles. The number of hydrogen-bond donors (Lipinski definition) is 2. The summed E-state index contributed by atoms with van der Waals surface area (Å²) in [4.78, 5) is 22.8. The van der Waals surface area contributed by atoms with E-state index in [-0.39, 0.29) is 5.91 Å². The van der Waals surface area contributed by atoms with Crippen molar-refractivity contribution in [1.82, 2.24) is 14.9 Å². The highest BCUT2D eigenvalue weighted by atomic mass is 16.5. The van der Waals surface area contributed by atoms with Gasteiger partial charge in [0.25, 0.3) is 0 Å². The predicted octanol–water partition coefficient (Wildman–Crippen LogP) is 2.85. The Morgan fingerprint density at radius 3 is 2.70 bits per heavy atom. The number of fused-ring (bicyclic) bond motifs is 1. The van der Waals surface area contributed by atoms with Crippen LogP contribution in [0.5, 0.6) is 5.75 Å². The smallest absolute Gasteiger partial charge is 0.238 e. The second-order valence-corrected chi connectivity index (χ2v) is 6.41. The molecule has 1 amide bonds. The van der Waals surface area contributed by atoms with Crippen LogP contribution < -0.4 is 15.4 Å². The fourth-order valence-corrected chi connectivity index (χ4v) is 2.83. The molecule has 0 unspecified atom stereocenters. The SMILES string of the molecule is CNc1nccc(-c2cc(NC(=O)CN(C)C)c3cc(OC)ccc3c2)n1. The van der Waals surface area contributed by atoms with E-state index >= 15 is 0 Å². The maximum Gasteiger partial charge on any atom is 0.238 e. The first-order valence-corrected chi connectivity index (χ1v) is 8.57. The number of carbonyl (C=O) groups excluding carboxylic acids is 1. The van der Waals surface area contributed by atoms with Crippen LogP contribution in [0.1, 0.15) is 0 Å². The third kappa shape index (κ3) is 4.32. The molecule has 0 spiro atoms. The van der Waals surface area contributed by atoms with Gasteiger partial charge < -0.3 is 20.3 Å². The average Bonchev–Trinajstić information content (AvgIpc) is 2.66. The number of amides is 1. The minimum atomic E-state index is -0.0835. The molecule has 0 aliphatic rings. The number of benzene rings is 2. The third-order valence-electron chi connectivity index (χ3n) is 4.07. The molecule has 140 valence electrons. The highest BCUT2D eigenvalue weighted by molar-refractivity contribution is 6.05. The zero-order chi connectivity index (χ0) is 19.4. The fraction of sp³-hybridized carbons (Fsp3) is 0.250. The molecule has 7 heteroatoms. The highest BCUT2D eigenvalue weighted by Crippen LogP contribution is 2.33. The molecule has 0 aliphatic heterocycles. The van der Waals surface area contributed by atoms with Gasteiger partial charge in [-0.1, -0.05) is 6.07 Å². The molecular weight excluding hydrogens is 342 g/mol. The van der Waals surface area contributed by atoms with Gasteiger partial charge >= 0.3 is 0 Å². The van der Waals surface area contributed by atoms with Gasteiger partial charge in [0.2, 0.25) is 11.9 Å². The van der Waals surface area contributed by atoms with Gasteiger partial charge in [-0.3, -0.25) is 4.79 Å². The Balaban J connectivity index is 2.11. The molecule has 7 nitrogen and oxygen atoms in total. The van der Waals surface area contributed by atoms with Crippen molar-refractivity contribution in [2.24, 2.45) is 0 Å². The van der Waals surface area contributed by atoms with E-state index in [0.29, 0.717) is 12.5 Å². The minimum absolute atomic E-state index is 0.0835. The second-order valence-electron chi connectivity index (χ2n) is 6.41. The number of aromatic nitrogens is 2. The molecule has 0 saturated carbocycles. The van der Waals surface area contributed by atoms with Gasteiger partial charge in [-0.15, -0.1) is 0 Å². The van der Waals surface area contributed by atoms with E-state index in [4.69, 9.17) is 4.74 Å². The second kappa shape index (κ2) is 8.01. The van der Waals surface area contributed by atoms with Gasteiger partial charge in [0.1, 0.15) is 5.75 Å². The predicted molar refractivity (Wildman–Crippen MR) is 108 cm³/mol. The van der Waals surface area contributed by atoms with Gasteiger partial charge in [-0.2, -0.15) is 0 Å². The summed E-state index contributed by atoms with van der Waals surface area (Å²) >= 11 is 0. The number of nitrogens with one attached hydrogen (secondary N) is 2. The summed E-state index contributed by atoms with van der Waals surface area (Å²) in [6.07, 6.45) is 1.71. The van der Waals surface area contributed by atoms with Crippen molar-refractivity contribution in [3.8, 4) is 17.0 Å². The van der Waals surface area contributed by atoms with Crippen molar-refractivity contribution in [2.45, 2.75) is 0 Å². The van der Waals surface area contributed by atoms with Crippen LogP contribution in [0.15, 0.2) is 42.6 Å². The quantitative estimate of drug-likeness (QED) is 0.699. The number of carbonyl (C=O) groups is 1. The number of likely N-dealkylation sites (N-methyl/N-ethyl adjacent to an activating group) is 1. The Labute approximate surface area is 158 Å². The lowest BCUT2D eigenvalue weighted by molar-refractivity contribution is -0.116. The summed E-state index contributed by atoms with van der Waals surface area (Å²) in [6.45, 7) is 0.299. The number of rotatable bonds is 6. The topological polar surface area (TPSA) is 79.4 Å². The normalized spacial score (nSPS) is 10.9. The first kappa shape index (κ1) is 18.6. The van der Waals surface area contributed by atoms with Gasteiger partial charge in [-0.05, 0) is 49.8 Å². The van der Waals surface area contributed by atoms with Gasteiger partial charge in [0.05, 0.1) is 19.3 Å². The minimum Gasteiger partial charge on any atom is -0.497 e. The molecular formula is C20H23N5O2. The molecule has 1 aromatic heterocycles. The van der Waals surface area contributed by atoms with E-state index < -0.39 is 0 Å². The van der Waals surface area contributed by atoms with E-state index in [2.05, 4.69) is 20.6 Å². The molecule has 0 radical (unpaired) electrons. The zero-order valence-electron chi connectivity index (χ0n) is 15.9. The number of methoxy groups -OCH3 is 1. The monoisotopic (exact) mass is 365 g/mol. The summed E-state index contributed by atoms with van der Waals surface area (Å²) in [5.41, 5.74) is 2.39. The van der Waals surface area contributed by atoms with Gasteiger partial charge in [-0.25, -0.2) is 9.97 Å². The molecule has 3 aromatic rings. The van der Waals surface area contributed by atoms with Crippen LogP contribution in [0.4, 0.5) is 11.6 Å². The van der Waals surface area contributed by atoms with Crippen molar-refractivity contribution in [1.29, 1.82) is 0 Å². The molecule has 0 bridgehead atoms. The summed E-state index contributed by atoms with van der Waals surface area (Å²) in [7, 11) is 7.12. The Bertz CT molecular complexity index is 972. The summed E-state index contributed by atoms with van der Waals surface area (Å²) in [6, 6.07) is 11.6. The Hall–Kier alpha value is -3.19. The molecule has 0 fully saturated rings. The van der Waals surface area contributed by atoms with Crippen LogP contribution in [-0.2, 0) is 4.79 Å². The van der Waals surface area contributed by atoms with Crippen LogP contribution in [-0.4, -0.2) is 55.6 Å². The van der Waals surface area contributed by atoms with Crippen molar-refractivity contribution in [3.05, 3.63) is 42.6 Å². The van der Waals surface area contributed by atoms with Crippen LogP contribution >= 0.6 is 0 Å². The van der Waals surface area contributed by atoms with Crippen LogP contribution in [0.2, 0.25) is 0 Å². The van der Waals surface area contributed by atoms with Crippen molar-refractivity contribution >= 4 is 28.3 Å². The zero-order valence-corrected chi connectivity index (χ0v) is 15.9. The van der Waals surface area contributed by atoms with Gasteiger partial charge in [0, 0.05) is 29.9 Å². The number of anilines is 2. The maximum absolute atomic E-state index is 12.3. The van der Waals surface area contributed by atoms with Crippen molar-refractivity contribution < 1.29 is 9.53 Å². The Morgan fingerprint density at radius 1 is 1.19 bits per heavy atom. The van der Waals surface area contributed by atoms with Gasteiger partial charge in [0.15, 0.2) is 0 Å². The standard InChI is InChI=1S/C20H23N5O2/c1-21-20-22-8-7-17(24-20)14-9-13-5-6-15(27-4)11-16(13)18(10-14)23-19(26)12-25(2)3/h5-11H,12H2,1-4H3,(H,23,26)(H,21,22,24). The third-order valence-corrected chi connectivity index (χ3v) is 4.07. The van der Waals surface area contributed by atoms with Crippen molar-refractivity contribution in [3.63, 3.8) is 0 Å². The molecule has 2 N–H and O–H groups in total. The Kier molecular flexibility index (Phi) is 5.52. The summed E-state index contributed by atoms with van der Waals surface area (Å²) < 4.78 is 5.34. The van der Waals surface area contributed by atoms with E-state index in [1.165, 1.54) is 0 Å². The van der Waals surface area contributed by atoms with E-state index in [0.717, 1.165) is 33.5 Å². The van der Waals surface area contributed by atoms with E-state index in [1.54, 1.807) is 20.4 Å². The molecule has 0 atom stereocenters. The molecule has 0 saturated heterocycles. The summed E-state index contributed by atoms with van der Waals surface area (Å²) in [5.74, 6) is 1.19. The molecule has 3 rings (SSSR count). The lowest BCUT2D eigenvalue weighted by Gasteiger charge is -2.15. The van der Waals surface area contributed by atoms with E-state index in [9.17, 15) is 4.79 Å². The lowest BCUT2D eigenvalue weighted by Crippen LogP contribution is -2.27. The number of hydrogen-bond acceptors (Lipinski definition) is 6. The van der Waals surface area contributed by atoms with E-state index in [1.807, 2.05) is 55.4 Å².